The van der Waals surface area contributed by atoms with Crippen LogP contribution in [0, 0.1) is 0 Å². The van der Waals surface area contributed by atoms with E-state index in [0.717, 1.165) is 0 Å². The molecule has 0 aromatic heterocycles. The van der Waals surface area contributed by atoms with Crippen LogP contribution < -0.4 is 5.73 Å². The van der Waals surface area contributed by atoms with Gasteiger partial charge < -0.3 is 5.73 Å². The Morgan fingerprint density at radius 1 is 2.00 bits per heavy atom. The molecule has 0 radical (unpaired) electrons. The summed E-state index contributed by atoms with van der Waals surface area (Å²) in [6.45, 7) is 3.32. The standard InChI is InChI=1S/C4H9NO.H2/c1-3(5)4(2)6;/h3H,5H2,1-2H3;1H/p+1. The maximum atomic E-state index is 10.1. The lowest BCUT2D eigenvalue weighted by Gasteiger charge is -1.87. The van der Waals surface area contributed by atoms with Gasteiger partial charge in [0.25, 0.3) is 0 Å². The van der Waals surface area contributed by atoms with E-state index in [1.165, 1.54) is 6.92 Å². The molecular weight excluding hydrogens is 78.0 g/mol. The quantitative estimate of drug-likeness (QED) is 0.461. The molecular formula is C4H12NO+. The highest BCUT2D eigenvalue weighted by Crippen LogP contribution is 1.68. The maximum Gasteiger partial charge on any atom is 0.186 e. The second-order valence-electron chi connectivity index (χ2n) is 1.51. The number of carbonyl (C=O) groups is 1. The third-order valence-corrected chi connectivity index (χ3v) is 0.694. The molecule has 0 fully saturated rings. The number of Topliss-reactive ketones (excluding diaryl/α,β-unsaturated/α-hetero) is 1. The summed E-state index contributed by atoms with van der Waals surface area (Å²) in [5.41, 5.74) is 3.49. The number of hydrogen-bond acceptors (Lipinski definition) is 1. The highest BCUT2D eigenvalue weighted by atomic mass is 16.1. The van der Waals surface area contributed by atoms with Gasteiger partial charge in [-0.2, -0.15) is 0 Å². The summed E-state index contributed by atoms with van der Waals surface area (Å²) in [7, 11) is 0. The summed E-state index contributed by atoms with van der Waals surface area (Å²) in [5, 5.41) is 0. The zero-order valence-corrected chi connectivity index (χ0v) is 4.19. The minimum atomic E-state index is -0.0370. The van der Waals surface area contributed by atoms with Gasteiger partial charge in [0.15, 0.2) is 5.78 Å². The molecule has 1 atom stereocenters. The van der Waals surface area contributed by atoms with Crippen LogP contribution in [-0.4, -0.2) is 11.8 Å². The predicted molar refractivity (Wildman–Crippen MR) is 25.1 cm³/mol. The number of carbonyl (C=O) groups excluding carboxylic acids is 1. The van der Waals surface area contributed by atoms with Crippen molar-refractivity contribution in [3.8, 4) is 0 Å². The minimum absolute atomic E-state index is 0. The number of hydrogen-bond donors (Lipinski definition) is 1. The largest absolute Gasteiger partial charge is 0.349 e. The Balaban J connectivity index is 0. The molecule has 0 aliphatic rings. The van der Waals surface area contributed by atoms with E-state index in [4.69, 9.17) is 0 Å². The third kappa shape index (κ3) is 1.91. The van der Waals surface area contributed by atoms with Crippen LogP contribution in [0.1, 0.15) is 15.3 Å². The molecule has 0 aliphatic carbocycles. The van der Waals surface area contributed by atoms with Gasteiger partial charge in [0.05, 0.1) is 0 Å². The fraction of sp³-hybridized carbons (Fsp3) is 0.750. The Hall–Kier alpha value is -0.370. The topological polar surface area (TPSA) is 44.7 Å². The molecule has 0 aromatic carbocycles. The van der Waals surface area contributed by atoms with Crippen LogP contribution in [0.25, 0.3) is 0 Å². The SMILES string of the molecule is CC(=O)C(C)[NH3+].[HH]. The molecule has 0 rings (SSSR count). The van der Waals surface area contributed by atoms with E-state index >= 15 is 0 Å². The first-order chi connectivity index (χ1) is 2.64. The normalized spacial score (nSPS) is 13.8. The van der Waals surface area contributed by atoms with Crippen LogP contribution in [0.4, 0.5) is 0 Å². The number of rotatable bonds is 1. The second kappa shape index (κ2) is 1.92. The Morgan fingerprint density at radius 2 is 2.17 bits per heavy atom. The molecule has 0 aromatic rings. The Labute approximate surface area is 38.8 Å². The molecule has 0 saturated heterocycles. The van der Waals surface area contributed by atoms with E-state index in [2.05, 4.69) is 5.73 Å². The van der Waals surface area contributed by atoms with Crippen LogP contribution in [0.3, 0.4) is 0 Å². The lowest BCUT2D eigenvalue weighted by Crippen LogP contribution is -2.62. The lowest BCUT2D eigenvalue weighted by atomic mass is 10.3. The van der Waals surface area contributed by atoms with Crippen LogP contribution in [0.2, 0.25) is 0 Å². The van der Waals surface area contributed by atoms with Crippen LogP contribution in [-0.2, 0) is 4.79 Å². The Morgan fingerprint density at radius 3 is 2.17 bits per heavy atom. The molecule has 0 saturated carbocycles. The molecule has 0 heterocycles. The van der Waals surface area contributed by atoms with Crippen LogP contribution in [0.5, 0.6) is 0 Å². The molecule has 0 bridgehead atoms. The summed E-state index contributed by atoms with van der Waals surface area (Å²) in [6.07, 6.45) is 0. The Kier molecular flexibility index (Phi) is 1.81. The van der Waals surface area contributed by atoms with Crippen LogP contribution in [0.15, 0.2) is 0 Å². The summed E-state index contributed by atoms with van der Waals surface area (Å²) in [5.74, 6) is 0.148. The number of ketones is 1. The molecule has 38 valence electrons. The summed E-state index contributed by atoms with van der Waals surface area (Å²) in [4.78, 5) is 10.1. The first-order valence-corrected chi connectivity index (χ1v) is 1.98. The van der Waals surface area contributed by atoms with Crippen molar-refractivity contribution in [2.45, 2.75) is 19.9 Å². The van der Waals surface area contributed by atoms with E-state index < -0.39 is 0 Å². The third-order valence-electron chi connectivity index (χ3n) is 0.694. The van der Waals surface area contributed by atoms with E-state index in [1.807, 2.05) is 0 Å². The van der Waals surface area contributed by atoms with Crippen molar-refractivity contribution in [1.29, 1.82) is 0 Å². The van der Waals surface area contributed by atoms with Gasteiger partial charge in [-0.25, -0.2) is 0 Å². The zero-order chi connectivity index (χ0) is 5.15. The molecule has 2 nitrogen and oxygen atoms in total. The fourth-order valence-electron chi connectivity index (χ4n) is 0. The maximum absolute atomic E-state index is 10.1. The average Bonchev–Trinajstić information content (AvgIpc) is 1.36. The van der Waals surface area contributed by atoms with Crippen LogP contribution >= 0.6 is 0 Å². The predicted octanol–water partition coefficient (Wildman–Crippen LogP) is -0.548. The van der Waals surface area contributed by atoms with Crippen molar-refractivity contribution in [3.63, 3.8) is 0 Å². The number of quaternary nitrogens is 1. The van der Waals surface area contributed by atoms with Gasteiger partial charge in [-0.15, -0.1) is 0 Å². The molecule has 0 aliphatic heterocycles. The van der Waals surface area contributed by atoms with Gasteiger partial charge in [-0.05, 0) is 6.92 Å². The summed E-state index contributed by atoms with van der Waals surface area (Å²) in [6, 6.07) is -0.0370. The smallest absolute Gasteiger partial charge is 0.186 e. The summed E-state index contributed by atoms with van der Waals surface area (Å²) >= 11 is 0. The molecule has 3 N–H and O–H groups in total. The zero-order valence-electron chi connectivity index (χ0n) is 4.19. The van der Waals surface area contributed by atoms with Gasteiger partial charge in [0, 0.05) is 8.35 Å². The van der Waals surface area contributed by atoms with Crippen molar-refractivity contribution >= 4 is 5.78 Å². The van der Waals surface area contributed by atoms with Crippen molar-refractivity contribution in [2.24, 2.45) is 0 Å². The minimum Gasteiger partial charge on any atom is -0.349 e. The van der Waals surface area contributed by atoms with E-state index in [0.29, 0.717) is 0 Å². The van der Waals surface area contributed by atoms with Gasteiger partial charge in [-0.1, -0.05) is 0 Å². The molecule has 0 spiro atoms. The first-order valence-electron chi connectivity index (χ1n) is 1.98. The van der Waals surface area contributed by atoms with E-state index in [9.17, 15) is 4.79 Å². The van der Waals surface area contributed by atoms with Gasteiger partial charge >= 0.3 is 0 Å². The second-order valence-corrected chi connectivity index (χ2v) is 1.51. The van der Waals surface area contributed by atoms with Crippen molar-refractivity contribution in [1.82, 2.24) is 0 Å². The van der Waals surface area contributed by atoms with Crippen molar-refractivity contribution in [3.05, 3.63) is 0 Å². The molecule has 0 amide bonds. The molecule has 2 heteroatoms. The average molecular weight is 90.1 g/mol. The van der Waals surface area contributed by atoms with Gasteiger partial charge in [0.2, 0.25) is 0 Å². The summed E-state index contributed by atoms with van der Waals surface area (Å²) < 4.78 is 0. The molecule has 1 unspecified atom stereocenters. The van der Waals surface area contributed by atoms with Crippen molar-refractivity contribution in [2.75, 3.05) is 0 Å². The van der Waals surface area contributed by atoms with E-state index in [-0.39, 0.29) is 13.3 Å². The lowest BCUT2D eigenvalue weighted by molar-refractivity contribution is -0.397. The van der Waals surface area contributed by atoms with Crippen molar-refractivity contribution < 1.29 is 12.0 Å². The Bertz CT molecular complexity index is 62.7. The monoisotopic (exact) mass is 90.1 g/mol. The highest BCUT2D eigenvalue weighted by molar-refractivity contribution is 5.79. The van der Waals surface area contributed by atoms with Gasteiger partial charge in [0.1, 0.15) is 6.04 Å². The first kappa shape index (κ1) is 5.63. The van der Waals surface area contributed by atoms with Gasteiger partial charge in [-0.3, -0.25) is 4.79 Å². The molecule has 6 heavy (non-hydrogen) atoms. The highest BCUT2D eigenvalue weighted by Gasteiger charge is 1.99. The van der Waals surface area contributed by atoms with E-state index in [1.54, 1.807) is 6.92 Å². The fourth-order valence-corrected chi connectivity index (χ4v) is 0.